The molecule has 1 saturated heterocycles. The van der Waals surface area contributed by atoms with Crippen LogP contribution in [0.3, 0.4) is 0 Å². The molecule has 1 unspecified atom stereocenters. The molecule has 1 spiro atoms. The molecule has 0 N–H and O–H groups in total. The summed E-state index contributed by atoms with van der Waals surface area (Å²) in [5, 5.41) is 0. The van der Waals surface area contributed by atoms with Crippen LogP contribution >= 0.6 is 0 Å². The van der Waals surface area contributed by atoms with Crippen molar-refractivity contribution in [3.05, 3.63) is 47.0 Å². The van der Waals surface area contributed by atoms with E-state index in [1.165, 1.54) is 18.4 Å². The molecule has 0 amide bonds. The summed E-state index contributed by atoms with van der Waals surface area (Å²) >= 11 is 0. The smallest absolute Gasteiger partial charge is 0.356 e. The van der Waals surface area contributed by atoms with Crippen LogP contribution in [0.25, 0.3) is 0 Å². The molecule has 1 fully saturated rings. The van der Waals surface area contributed by atoms with E-state index in [1.807, 2.05) is 37.3 Å². The molecule has 28 heavy (non-hydrogen) atoms. The summed E-state index contributed by atoms with van der Waals surface area (Å²) in [6.07, 6.45) is 6.48. The number of piperidine rings is 1. The van der Waals surface area contributed by atoms with Gasteiger partial charge in [0, 0.05) is 38.8 Å². The van der Waals surface area contributed by atoms with Crippen LogP contribution in [0.4, 0.5) is 5.95 Å². The highest BCUT2D eigenvalue weighted by atomic mass is 16.5. The van der Waals surface area contributed by atoms with Gasteiger partial charge in [0.25, 0.3) is 0 Å². The lowest BCUT2D eigenvalue weighted by molar-refractivity contribution is 0.0593. The van der Waals surface area contributed by atoms with Gasteiger partial charge in [-0.1, -0.05) is 6.07 Å². The van der Waals surface area contributed by atoms with Gasteiger partial charge in [-0.05, 0) is 49.9 Å². The number of methoxy groups -OCH3 is 1. The summed E-state index contributed by atoms with van der Waals surface area (Å²) < 4.78 is 4.79. The van der Waals surface area contributed by atoms with Crippen LogP contribution < -0.4 is 4.90 Å². The molecule has 1 aliphatic carbocycles. The molecule has 2 aromatic rings. The summed E-state index contributed by atoms with van der Waals surface area (Å²) in [5.74, 6) is 0.388. The van der Waals surface area contributed by atoms with E-state index in [1.54, 1.807) is 6.07 Å². The Bertz CT molecular complexity index is 881. The maximum atomic E-state index is 11.8. The maximum absolute atomic E-state index is 11.8. The zero-order valence-electron chi connectivity index (χ0n) is 16.8. The van der Waals surface area contributed by atoms with Crippen LogP contribution in [0.5, 0.6) is 0 Å². The van der Waals surface area contributed by atoms with Gasteiger partial charge in [-0.25, -0.2) is 19.7 Å². The Morgan fingerprint density at radius 1 is 1.29 bits per heavy atom. The third-order valence-corrected chi connectivity index (χ3v) is 5.87. The van der Waals surface area contributed by atoms with Crippen molar-refractivity contribution in [2.75, 3.05) is 39.2 Å². The second kappa shape index (κ2) is 7.47. The fourth-order valence-electron chi connectivity index (χ4n) is 4.52. The van der Waals surface area contributed by atoms with E-state index >= 15 is 0 Å². The number of anilines is 1. The third kappa shape index (κ3) is 3.46. The Balaban J connectivity index is 1.55. The third-order valence-electron chi connectivity index (χ3n) is 5.87. The molecule has 7 heteroatoms. The summed E-state index contributed by atoms with van der Waals surface area (Å²) in [6.45, 7) is 2.73. The Morgan fingerprint density at radius 3 is 2.93 bits per heavy atom. The predicted molar refractivity (Wildman–Crippen MR) is 106 cm³/mol. The lowest BCUT2D eigenvalue weighted by atomic mass is 9.77. The quantitative estimate of drug-likeness (QED) is 0.752. The minimum absolute atomic E-state index is 0.0985. The summed E-state index contributed by atoms with van der Waals surface area (Å²) in [5.41, 5.74) is 3.88. The number of carbonyl (C=O) groups excluding carboxylic acids is 1. The van der Waals surface area contributed by atoms with E-state index < -0.39 is 5.97 Å². The summed E-state index contributed by atoms with van der Waals surface area (Å²) in [6, 6.07) is 5.54. The molecule has 4 rings (SSSR count). The highest BCUT2D eigenvalue weighted by Gasteiger charge is 2.43. The molecular weight excluding hydrogens is 354 g/mol. The summed E-state index contributed by atoms with van der Waals surface area (Å²) in [7, 11) is 5.35. The van der Waals surface area contributed by atoms with Crippen LogP contribution in [0.1, 0.15) is 46.7 Å². The van der Waals surface area contributed by atoms with E-state index in [0.717, 1.165) is 57.0 Å². The molecule has 0 saturated carbocycles. The average molecular weight is 381 g/mol. The van der Waals surface area contributed by atoms with Crippen LogP contribution in [0, 0.1) is 0 Å². The molecule has 3 heterocycles. The Kier molecular flexibility index (Phi) is 5.02. The fraction of sp³-hybridized carbons (Fsp3) is 0.524. The van der Waals surface area contributed by atoms with E-state index in [-0.39, 0.29) is 5.41 Å². The number of aromatic nitrogens is 3. The predicted octanol–water partition coefficient (Wildman–Crippen LogP) is 2.20. The Hall–Kier alpha value is -2.54. The highest BCUT2D eigenvalue weighted by Crippen LogP contribution is 2.44. The van der Waals surface area contributed by atoms with Crippen molar-refractivity contribution in [3.8, 4) is 0 Å². The molecule has 2 aliphatic rings. The van der Waals surface area contributed by atoms with Crippen molar-refractivity contribution in [1.29, 1.82) is 0 Å². The van der Waals surface area contributed by atoms with Gasteiger partial charge < -0.3 is 9.64 Å². The SMILES string of the molecule is COC(=O)c1cccc(CN2CCCC3(CCc4cnc(N(C)C)nc43)C2)n1. The molecule has 0 aromatic carbocycles. The van der Waals surface area contributed by atoms with E-state index in [4.69, 9.17) is 9.72 Å². The number of pyridine rings is 1. The minimum atomic E-state index is -0.394. The topological polar surface area (TPSA) is 71.5 Å². The summed E-state index contributed by atoms with van der Waals surface area (Å²) in [4.78, 5) is 30.1. The van der Waals surface area contributed by atoms with Crippen LogP contribution in [-0.2, 0) is 23.1 Å². The number of aryl methyl sites for hydroxylation is 1. The molecule has 1 aliphatic heterocycles. The number of rotatable bonds is 4. The zero-order valence-corrected chi connectivity index (χ0v) is 16.8. The van der Waals surface area contributed by atoms with Crippen molar-refractivity contribution in [3.63, 3.8) is 0 Å². The first kappa shape index (κ1) is 18.8. The van der Waals surface area contributed by atoms with Gasteiger partial charge >= 0.3 is 5.97 Å². The van der Waals surface area contributed by atoms with Crippen LogP contribution in [-0.4, -0.2) is 60.1 Å². The van der Waals surface area contributed by atoms with Crippen molar-refractivity contribution >= 4 is 11.9 Å². The van der Waals surface area contributed by atoms with Crippen LogP contribution in [0.15, 0.2) is 24.4 Å². The van der Waals surface area contributed by atoms with Gasteiger partial charge in [-0.15, -0.1) is 0 Å². The molecule has 0 bridgehead atoms. The number of hydrogen-bond acceptors (Lipinski definition) is 7. The highest BCUT2D eigenvalue weighted by molar-refractivity contribution is 5.87. The van der Waals surface area contributed by atoms with Crippen LogP contribution in [0.2, 0.25) is 0 Å². The second-order valence-corrected chi connectivity index (χ2v) is 8.04. The number of esters is 1. The molecule has 148 valence electrons. The maximum Gasteiger partial charge on any atom is 0.356 e. The van der Waals surface area contributed by atoms with Crippen molar-refractivity contribution in [2.24, 2.45) is 0 Å². The first-order valence-electron chi connectivity index (χ1n) is 9.81. The Labute approximate surface area is 165 Å². The average Bonchev–Trinajstić information content (AvgIpc) is 3.04. The first-order chi connectivity index (χ1) is 13.5. The number of carbonyl (C=O) groups is 1. The molecule has 1 atom stereocenters. The van der Waals surface area contributed by atoms with Gasteiger partial charge in [0.2, 0.25) is 5.95 Å². The number of hydrogen-bond donors (Lipinski definition) is 0. The molecule has 7 nitrogen and oxygen atoms in total. The van der Waals surface area contributed by atoms with Gasteiger partial charge in [0.15, 0.2) is 0 Å². The fourth-order valence-corrected chi connectivity index (χ4v) is 4.52. The minimum Gasteiger partial charge on any atom is -0.464 e. The lowest BCUT2D eigenvalue weighted by Gasteiger charge is -2.40. The van der Waals surface area contributed by atoms with E-state index in [9.17, 15) is 4.79 Å². The van der Waals surface area contributed by atoms with Gasteiger partial charge in [-0.3, -0.25) is 4.90 Å². The van der Waals surface area contributed by atoms with Gasteiger partial charge in [-0.2, -0.15) is 0 Å². The van der Waals surface area contributed by atoms with Crippen molar-refractivity contribution in [1.82, 2.24) is 19.9 Å². The van der Waals surface area contributed by atoms with Gasteiger partial charge in [0.05, 0.1) is 18.5 Å². The molecular formula is C21H27N5O2. The standard InChI is InChI=1S/C21H27N5O2/c1-25(2)20-22-12-15-8-10-21(18(15)24-20)9-5-11-26(14-21)13-16-6-4-7-17(23-16)19(27)28-3/h4,6-7,12H,5,8-11,13-14H2,1-3H3. The number of ether oxygens (including phenoxy) is 1. The molecule has 2 aromatic heterocycles. The zero-order chi connectivity index (χ0) is 19.7. The number of nitrogens with zero attached hydrogens (tertiary/aromatic N) is 5. The van der Waals surface area contributed by atoms with E-state index in [2.05, 4.69) is 14.9 Å². The number of likely N-dealkylation sites (tertiary alicyclic amines) is 1. The number of fused-ring (bicyclic) bond motifs is 2. The normalized spacial score (nSPS) is 21.5. The lowest BCUT2D eigenvalue weighted by Crippen LogP contribution is -2.45. The largest absolute Gasteiger partial charge is 0.464 e. The Morgan fingerprint density at radius 2 is 2.14 bits per heavy atom. The second-order valence-electron chi connectivity index (χ2n) is 8.04. The van der Waals surface area contributed by atoms with Gasteiger partial charge in [0.1, 0.15) is 5.69 Å². The first-order valence-corrected chi connectivity index (χ1v) is 9.81. The van der Waals surface area contributed by atoms with Crippen molar-refractivity contribution in [2.45, 2.75) is 37.6 Å². The van der Waals surface area contributed by atoms with E-state index in [0.29, 0.717) is 5.69 Å². The monoisotopic (exact) mass is 381 g/mol. The molecule has 0 radical (unpaired) electrons. The van der Waals surface area contributed by atoms with Crippen molar-refractivity contribution < 1.29 is 9.53 Å².